The number of benzene rings is 2. The fraction of sp³-hybridized carbons (Fsp3) is 0.211. The number of nitrogens with zero attached hydrogens (tertiary/aromatic N) is 1. The van der Waals surface area contributed by atoms with Crippen molar-refractivity contribution in [3.05, 3.63) is 63.4 Å². The van der Waals surface area contributed by atoms with E-state index in [1.165, 1.54) is 18.2 Å². The third kappa shape index (κ3) is 4.16. The number of nitrogens with one attached hydrogen (secondary N) is 2. The summed E-state index contributed by atoms with van der Waals surface area (Å²) in [5, 5.41) is 5.09. The van der Waals surface area contributed by atoms with Crippen molar-refractivity contribution in [1.29, 1.82) is 0 Å². The zero-order valence-corrected chi connectivity index (χ0v) is 16.3. The second-order valence-electron chi connectivity index (χ2n) is 6.40. The normalized spacial score (nSPS) is 16.4. The highest BCUT2D eigenvalue weighted by Crippen LogP contribution is 2.27. The lowest BCUT2D eigenvalue weighted by molar-refractivity contribution is -0.130. The monoisotopic (exact) mass is 433 g/mol. The van der Waals surface area contributed by atoms with Gasteiger partial charge >= 0.3 is 6.03 Å². The summed E-state index contributed by atoms with van der Waals surface area (Å²) < 4.78 is 14.6. The highest BCUT2D eigenvalue weighted by molar-refractivity contribution is 9.10. The molecule has 1 fully saturated rings. The summed E-state index contributed by atoms with van der Waals surface area (Å²) >= 11 is 3.21. The number of imide groups is 1. The zero-order chi connectivity index (χ0) is 19.7. The number of halogens is 2. The van der Waals surface area contributed by atoms with E-state index in [-0.39, 0.29) is 5.56 Å². The number of anilines is 1. The Labute approximate surface area is 163 Å². The quantitative estimate of drug-likeness (QED) is 0.724. The number of rotatable bonds is 4. The molecule has 1 atom stereocenters. The molecular formula is C19H17BrFN3O3. The van der Waals surface area contributed by atoms with E-state index < -0.39 is 36.2 Å². The van der Waals surface area contributed by atoms with E-state index in [2.05, 4.69) is 26.6 Å². The SMILES string of the molecule is Cc1cc(C)cc(NC(=O)CN2C(=O)N[C@H](c3cc(Br)ccc3F)C2=O)c1. The largest absolute Gasteiger partial charge is 0.325 e. The number of carbonyl (C=O) groups excluding carboxylic acids is 3. The van der Waals surface area contributed by atoms with Crippen molar-refractivity contribution in [2.45, 2.75) is 19.9 Å². The highest BCUT2D eigenvalue weighted by Gasteiger charge is 2.41. The lowest BCUT2D eigenvalue weighted by atomic mass is 10.1. The standard InChI is InChI=1S/C19H17BrFN3O3/c1-10-5-11(2)7-13(6-10)22-16(25)9-24-18(26)17(23-19(24)27)14-8-12(20)3-4-15(14)21/h3-8,17H,9H2,1-2H3,(H,22,25)(H,23,27)/t17-/m1/s1. The summed E-state index contributed by atoms with van der Waals surface area (Å²) in [5.74, 6) is -1.80. The molecule has 4 amide bonds. The minimum Gasteiger partial charge on any atom is -0.325 e. The van der Waals surface area contributed by atoms with E-state index in [0.29, 0.717) is 10.2 Å². The van der Waals surface area contributed by atoms with Gasteiger partial charge in [-0.25, -0.2) is 9.18 Å². The second kappa shape index (κ2) is 7.48. The van der Waals surface area contributed by atoms with Gasteiger partial charge in [-0.3, -0.25) is 14.5 Å². The van der Waals surface area contributed by atoms with Crippen LogP contribution in [0, 0.1) is 19.7 Å². The Balaban J connectivity index is 1.73. The summed E-state index contributed by atoms with van der Waals surface area (Å²) in [7, 11) is 0. The Hall–Kier alpha value is -2.74. The number of hydrogen-bond acceptors (Lipinski definition) is 3. The van der Waals surface area contributed by atoms with Gasteiger partial charge in [0.05, 0.1) is 0 Å². The van der Waals surface area contributed by atoms with Crippen LogP contribution in [-0.4, -0.2) is 29.3 Å². The molecule has 8 heteroatoms. The maximum Gasteiger partial charge on any atom is 0.325 e. The summed E-state index contributed by atoms with van der Waals surface area (Å²) in [6.07, 6.45) is 0. The summed E-state index contributed by atoms with van der Waals surface area (Å²) in [4.78, 5) is 37.8. The van der Waals surface area contributed by atoms with E-state index in [1.54, 1.807) is 12.1 Å². The maximum absolute atomic E-state index is 14.1. The second-order valence-corrected chi connectivity index (χ2v) is 7.31. The molecule has 140 valence electrons. The molecule has 2 N–H and O–H groups in total. The average molecular weight is 434 g/mol. The van der Waals surface area contributed by atoms with Crippen LogP contribution in [0.15, 0.2) is 40.9 Å². The Bertz CT molecular complexity index is 928. The smallest absolute Gasteiger partial charge is 0.325 e. The van der Waals surface area contributed by atoms with Gasteiger partial charge in [0.1, 0.15) is 18.4 Å². The number of carbonyl (C=O) groups is 3. The van der Waals surface area contributed by atoms with Crippen LogP contribution in [0.3, 0.4) is 0 Å². The Kier molecular flexibility index (Phi) is 5.27. The first-order chi connectivity index (χ1) is 12.7. The van der Waals surface area contributed by atoms with Crippen molar-refractivity contribution in [3.63, 3.8) is 0 Å². The number of amides is 4. The first kappa shape index (κ1) is 19.0. The molecule has 0 spiro atoms. The molecule has 0 aromatic heterocycles. The number of hydrogen-bond donors (Lipinski definition) is 2. The Morgan fingerprint density at radius 3 is 2.52 bits per heavy atom. The molecule has 1 saturated heterocycles. The van der Waals surface area contributed by atoms with E-state index in [0.717, 1.165) is 16.0 Å². The minimum absolute atomic E-state index is 0.0416. The predicted octanol–water partition coefficient (Wildman–Crippen LogP) is 3.44. The molecule has 0 radical (unpaired) electrons. The van der Waals surface area contributed by atoms with Gasteiger partial charge in [0.15, 0.2) is 0 Å². The molecule has 1 aliphatic heterocycles. The lowest BCUT2D eigenvalue weighted by Crippen LogP contribution is -2.38. The van der Waals surface area contributed by atoms with E-state index in [1.807, 2.05) is 19.9 Å². The lowest BCUT2D eigenvalue weighted by Gasteiger charge is -2.14. The molecule has 0 saturated carbocycles. The molecule has 1 aliphatic rings. The molecular weight excluding hydrogens is 417 g/mol. The Morgan fingerprint density at radius 1 is 1.19 bits per heavy atom. The summed E-state index contributed by atoms with van der Waals surface area (Å²) in [5.41, 5.74) is 2.58. The van der Waals surface area contributed by atoms with Gasteiger partial charge in [0.25, 0.3) is 5.91 Å². The molecule has 0 unspecified atom stereocenters. The fourth-order valence-corrected chi connectivity index (χ4v) is 3.39. The topological polar surface area (TPSA) is 78.5 Å². The van der Waals surface area contributed by atoms with Gasteiger partial charge < -0.3 is 10.6 Å². The number of aryl methyl sites for hydroxylation is 2. The zero-order valence-electron chi connectivity index (χ0n) is 14.7. The van der Waals surface area contributed by atoms with Crippen LogP contribution in [-0.2, 0) is 9.59 Å². The Morgan fingerprint density at radius 2 is 1.85 bits per heavy atom. The van der Waals surface area contributed by atoms with Gasteiger partial charge in [0, 0.05) is 15.7 Å². The molecule has 2 aromatic rings. The van der Waals surface area contributed by atoms with Crippen LogP contribution in [0.4, 0.5) is 14.9 Å². The van der Waals surface area contributed by atoms with E-state index in [9.17, 15) is 18.8 Å². The van der Waals surface area contributed by atoms with E-state index >= 15 is 0 Å². The summed E-state index contributed by atoms with van der Waals surface area (Å²) in [6, 6.07) is 7.77. The third-order valence-corrected chi connectivity index (χ3v) is 4.60. The fourth-order valence-electron chi connectivity index (χ4n) is 3.01. The average Bonchev–Trinajstić information content (AvgIpc) is 2.84. The van der Waals surface area contributed by atoms with Crippen LogP contribution in [0.25, 0.3) is 0 Å². The van der Waals surface area contributed by atoms with Crippen molar-refractivity contribution >= 4 is 39.5 Å². The number of urea groups is 1. The van der Waals surface area contributed by atoms with Gasteiger partial charge in [0.2, 0.25) is 5.91 Å². The molecule has 0 aliphatic carbocycles. The van der Waals surface area contributed by atoms with Crippen LogP contribution in [0.5, 0.6) is 0 Å². The highest BCUT2D eigenvalue weighted by atomic mass is 79.9. The predicted molar refractivity (Wildman–Crippen MR) is 102 cm³/mol. The maximum atomic E-state index is 14.1. The molecule has 2 aromatic carbocycles. The van der Waals surface area contributed by atoms with Gasteiger partial charge in [-0.15, -0.1) is 0 Å². The van der Waals surface area contributed by atoms with Crippen molar-refractivity contribution < 1.29 is 18.8 Å². The van der Waals surface area contributed by atoms with Crippen LogP contribution >= 0.6 is 15.9 Å². The van der Waals surface area contributed by atoms with Crippen LogP contribution in [0.2, 0.25) is 0 Å². The van der Waals surface area contributed by atoms with Crippen molar-refractivity contribution in [3.8, 4) is 0 Å². The first-order valence-electron chi connectivity index (χ1n) is 8.19. The first-order valence-corrected chi connectivity index (χ1v) is 8.99. The van der Waals surface area contributed by atoms with Gasteiger partial charge in [-0.05, 0) is 55.3 Å². The van der Waals surface area contributed by atoms with Crippen molar-refractivity contribution in [2.24, 2.45) is 0 Å². The van der Waals surface area contributed by atoms with Crippen molar-refractivity contribution in [2.75, 3.05) is 11.9 Å². The van der Waals surface area contributed by atoms with E-state index in [4.69, 9.17) is 0 Å². The molecule has 1 heterocycles. The van der Waals surface area contributed by atoms with Crippen molar-refractivity contribution in [1.82, 2.24) is 10.2 Å². The van der Waals surface area contributed by atoms with Crippen LogP contribution in [0.1, 0.15) is 22.7 Å². The van der Waals surface area contributed by atoms with Gasteiger partial charge in [-0.2, -0.15) is 0 Å². The third-order valence-electron chi connectivity index (χ3n) is 4.10. The molecule has 3 rings (SSSR count). The molecule has 0 bridgehead atoms. The minimum atomic E-state index is -1.16. The molecule has 6 nitrogen and oxygen atoms in total. The summed E-state index contributed by atoms with van der Waals surface area (Å²) in [6.45, 7) is 3.35. The van der Waals surface area contributed by atoms with Gasteiger partial charge in [-0.1, -0.05) is 22.0 Å². The molecule has 27 heavy (non-hydrogen) atoms. The van der Waals surface area contributed by atoms with Crippen LogP contribution < -0.4 is 10.6 Å².